The Kier molecular flexibility index (Phi) is 7.71. The Bertz CT molecular complexity index is 228. The molecule has 0 spiro atoms. The van der Waals surface area contributed by atoms with Gasteiger partial charge in [-0.2, -0.15) is 0 Å². The van der Waals surface area contributed by atoms with Crippen LogP contribution in [0.25, 0.3) is 0 Å². The van der Waals surface area contributed by atoms with Crippen molar-refractivity contribution >= 4 is 43.2 Å². The minimum atomic E-state index is -0.695. The van der Waals surface area contributed by atoms with Gasteiger partial charge in [-0.05, 0) is 37.5 Å². The number of fused-ring (bicyclic) bond motifs is 1. The standard InChI is InChI=1S/C9H12O2.3ClH/c10-9(11)8-3-1-2-6-4-5-7(6)8;;;/h3,6-7H,1-2,4-5H2,(H,10,11);3*1H. The fourth-order valence-corrected chi connectivity index (χ4v) is 2.17. The van der Waals surface area contributed by atoms with Gasteiger partial charge >= 0.3 is 5.97 Å². The van der Waals surface area contributed by atoms with E-state index in [4.69, 9.17) is 5.11 Å². The first-order valence-corrected chi connectivity index (χ1v) is 4.22. The molecule has 0 bridgehead atoms. The lowest BCUT2D eigenvalue weighted by Gasteiger charge is -2.39. The van der Waals surface area contributed by atoms with Crippen molar-refractivity contribution in [2.75, 3.05) is 0 Å². The summed E-state index contributed by atoms with van der Waals surface area (Å²) in [5.74, 6) is 0.409. The Morgan fingerprint density at radius 3 is 2.21 bits per heavy atom. The number of carbonyl (C=O) groups is 1. The lowest BCUT2D eigenvalue weighted by Crippen LogP contribution is -2.32. The predicted octanol–water partition coefficient (Wildman–Crippen LogP) is 3.08. The molecule has 1 N–H and O–H groups in total. The average Bonchev–Trinajstić information content (AvgIpc) is 1.90. The summed E-state index contributed by atoms with van der Waals surface area (Å²) in [6, 6.07) is 0. The van der Waals surface area contributed by atoms with Crippen LogP contribution in [-0.4, -0.2) is 11.1 Å². The molecule has 5 heteroatoms. The molecular weight excluding hydrogens is 246 g/mol. The third kappa shape index (κ3) is 2.78. The molecule has 2 aliphatic rings. The highest BCUT2D eigenvalue weighted by molar-refractivity contribution is 5.87. The molecule has 84 valence electrons. The number of halogens is 3. The van der Waals surface area contributed by atoms with Gasteiger partial charge in [0.15, 0.2) is 0 Å². The highest BCUT2D eigenvalue weighted by atomic mass is 35.5. The molecule has 2 unspecified atom stereocenters. The second-order valence-electron chi connectivity index (χ2n) is 3.49. The van der Waals surface area contributed by atoms with Crippen LogP contribution in [0.5, 0.6) is 0 Å². The molecule has 0 aromatic carbocycles. The summed E-state index contributed by atoms with van der Waals surface area (Å²) in [4.78, 5) is 10.7. The first kappa shape index (κ1) is 16.5. The van der Waals surface area contributed by atoms with Crippen molar-refractivity contribution in [2.24, 2.45) is 11.8 Å². The molecule has 2 nitrogen and oxygen atoms in total. The molecule has 0 radical (unpaired) electrons. The quantitative estimate of drug-likeness (QED) is 0.787. The van der Waals surface area contributed by atoms with E-state index in [9.17, 15) is 4.79 Å². The molecule has 14 heavy (non-hydrogen) atoms. The van der Waals surface area contributed by atoms with Gasteiger partial charge in [-0.3, -0.25) is 0 Å². The van der Waals surface area contributed by atoms with Gasteiger partial charge in [-0.15, -0.1) is 37.2 Å². The van der Waals surface area contributed by atoms with Crippen molar-refractivity contribution in [3.8, 4) is 0 Å². The SMILES string of the molecule is Cl.Cl.Cl.O=C(O)C1=CCCC2CCC12. The molecule has 2 aliphatic carbocycles. The maximum atomic E-state index is 10.7. The fourth-order valence-electron chi connectivity index (χ4n) is 2.17. The van der Waals surface area contributed by atoms with Crippen molar-refractivity contribution in [1.82, 2.24) is 0 Å². The van der Waals surface area contributed by atoms with Gasteiger partial charge in [0.05, 0.1) is 0 Å². The molecule has 0 aromatic rings. The van der Waals surface area contributed by atoms with Crippen LogP contribution < -0.4 is 0 Å². The van der Waals surface area contributed by atoms with Crippen LogP contribution in [0.2, 0.25) is 0 Å². The van der Waals surface area contributed by atoms with E-state index in [1.165, 1.54) is 12.8 Å². The minimum absolute atomic E-state index is 0. The van der Waals surface area contributed by atoms with Crippen molar-refractivity contribution in [3.05, 3.63) is 11.6 Å². The summed E-state index contributed by atoms with van der Waals surface area (Å²) in [5.41, 5.74) is 0.688. The topological polar surface area (TPSA) is 37.3 Å². The Hall–Kier alpha value is 0.0800. The molecule has 0 aromatic heterocycles. The summed E-state index contributed by atoms with van der Waals surface area (Å²) >= 11 is 0. The highest BCUT2D eigenvalue weighted by Crippen LogP contribution is 2.45. The van der Waals surface area contributed by atoms with Crippen LogP contribution in [0.1, 0.15) is 25.7 Å². The van der Waals surface area contributed by atoms with Crippen LogP contribution in [0, 0.1) is 11.8 Å². The zero-order valence-corrected chi connectivity index (χ0v) is 10.1. The van der Waals surface area contributed by atoms with Crippen LogP contribution in [0.15, 0.2) is 11.6 Å². The smallest absolute Gasteiger partial charge is 0.331 e. The zero-order valence-electron chi connectivity index (χ0n) is 7.64. The molecule has 0 heterocycles. The van der Waals surface area contributed by atoms with Crippen molar-refractivity contribution < 1.29 is 9.90 Å². The van der Waals surface area contributed by atoms with Crippen molar-refractivity contribution in [2.45, 2.75) is 25.7 Å². The van der Waals surface area contributed by atoms with E-state index in [-0.39, 0.29) is 37.2 Å². The van der Waals surface area contributed by atoms with Gasteiger partial charge in [0.2, 0.25) is 0 Å². The van der Waals surface area contributed by atoms with Gasteiger partial charge in [0, 0.05) is 5.57 Å². The number of allylic oxidation sites excluding steroid dienone is 1. The summed E-state index contributed by atoms with van der Waals surface area (Å²) < 4.78 is 0. The molecular formula is C9H15Cl3O2. The first-order chi connectivity index (χ1) is 5.29. The van der Waals surface area contributed by atoms with E-state index in [2.05, 4.69) is 0 Å². The number of carboxylic acids is 1. The lowest BCUT2D eigenvalue weighted by molar-refractivity contribution is -0.134. The first-order valence-electron chi connectivity index (χ1n) is 4.22. The Morgan fingerprint density at radius 2 is 1.86 bits per heavy atom. The predicted molar refractivity (Wildman–Crippen MR) is 62.9 cm³/mol. The number of hydrogen-bond donors (Lipinski definition) is 1. The third-order valence-electron chi connectivity index (χ3n) is 2.97. The molecule has 2 rings (SSSR count). The van der Waals surface area contributed by atoms with E-state index in [1.807, 2.05) is 6.08 Å². The van der Waals surface area contributed by atoms with E-state index < -0.39 is 5.97 Å². The van der Waals surface area contributed by atoms with E-state index in [0.717, 1.165) is 12.8 Å². The van der Waals surface area contributed by atoms with Gasteiger partial charge < -0.3 is 5.11 Å². The summed E-state index contributed by atoms with van der Waals surface area (Å²) in [5, 5.41) is 8.79. The molecule has 1 fully saturated rings. The fraction of sp³-hybridized carbons (Fsp3) is 0.667. The lowest BCUT2D eigenvalue weighted by atomic mass is 9.65. The number of carboxylic acid groups (broad SMARTS) is 1. The van der Waals surface area contributed by atoms with Crippen LogP contribution in [-0.2, 0) is 4.79 Å². The molecule has 0 saturated heterocycles. The van der Waals surface area contributed by atoms with Crippen molar-refractivity contribution in [3.63, 3.8) is 0 Å². The van der Waals surface area contributed by atoms with E-state index in [0.29, 0.717) is 17.4 Å². The Balaban J connectivity index is 0. The van der Waals surface area contributed by atoms with Gasteiger partial charge in [0.1, 0.15) is 0 Å². The van der Waals surface area contributed by atoms with Crippen LogP contribution in [0.4, 0.5) is 0 Å². The average molecular weight is 262 g/mol. The second-order valence-corrected chi connectivity index (χ2v) is 3.49. The Morgan fingerprint density at radius 1 is 1.21 bits per heavy atom. The molecule has 0 aliphatic heterocycles. The second kappa shape index (κ2) is 6.54. The number of hydrogen-bond acceptors (Lipinski definition) is 1. The van der Waals surface area contributed by atoms with Gasteiger partial charge in [0.25, 0.3) is 0 Å². The normalized spacial score (nSPS) is 27.6. The summed E-state index contributed by atoms with van der Waals surface area (Å²) in [6.07, 6.45) is 6.44. The summed E-state index contributed by atoms with van der Waals surface area (Å²) in [6.45, 7) is 0. The maximum absolute atomic E-state index is 10.7. The van der Waals surface area contributed by atoms with Gasteiger partial charge in [-0.25, -0.2) is 4.79 Å². The van der Waals surface area contributed by atoms with E-state index in [1.54, 1.807) is 0 Å². The molecule has 0 amide bonds. The highest BCUT2D eigenvalue weighted by Gasteiger charge is 2.37. The maximum Gasteiger partial charge on any atom is 0.331 e. The minimum Gasteiger partial charge on any atom is -0.478 e. The van der Waals surface area contributed by atoms with E-state index >= 15 is 0 Å². The summed E-state index contributed by atoms with van der Waals surface area (Å²) in [7, 11) is 0. The Labute approximate surface area is 102 Å². The van der Waals surface area contributed by atoms with Crippen LogP contribution in [0.3, 0.4) is 0 Å². The van der Waals surface area contributed by atoms with Crippen LogP contribution >= 0.6 is 37.2 Å². The molecule has 2 atom stereocenters. The van der Waals surface area contributed by atoms with Crippen molar-refractivity contribution in [1.29, 1.82) is 0 Å². The monoisotopic (exact) mass is 260 g/mol. The van der Waals surface area contributed by atoms with Gasteiger partial charge in [-0.1, -0.05) is 6.08 Å². The number of aliphatic carboxylic acids is 1. The largest absolute Gasteiger partial charge is 0.478 e. The zero-order chi connectivity index (χ0) is 7.84. The third-order valence-corrected chi connectivity index (χ3v) is 2.97. The number of rotatable bonds is 1. The molecule has 1 saturated carbocycles.